The molecular formula is C22H16N2O2. The fourth-order valence-corrected chi connectivity index (χ4v) is 2.96. The third kappa shape index (κ3) is 2.78. The molecule has 0 aliphatic rings. The number of benzene rings is 3. The molecule has 4 nitrogen and oxygen atoms in total. The maximum Gasteiger partial charge on any atom is 0.270 e. The lowest BCUT2D eigenvalue weighted by Gasteiger charge is -2.15. The second-order valence-electron chi connectivity index (χ2n) is 5.84. The molecule has 0 aliphatic carbocycles. The molecule has 0 saturated heterocycles. The predicted octanol–water partition coefficient (Wildman–Crippen LogP) is 4.27. The zero-order chi connectivity index (χ0) is 17.9. The molecule has 0 fully saturated rings. The number of hydrogen-bond donors (Lipinski definition) is 1. The number of nitrogens with zero attached hydrogens (tertiary/aromatic N) is 2. The van der Waals surface area contributed by atoms with E-state index in [9.17, 15) is 9.90 Å². The van der Waals surface area contributed by atoms with Crippen molar-refractivity contribution in [1.29, 1.82) is 0 Å². The summed E-state index contributed by atoms with van der Waals surface area (Å²) < 4.78 is 1.54. The summed E-state index contributed by atoms with van der Waals surface area (Å²) in [7, 11) is 0. The quantitative estimate of drug-likeness (QED) is 0.606. The van der Waals surface area contributed by atoms with Gasteiger partial charge in [-0.1, -0.05) is 78.9 Å². The van der Waals surface area contributed by atoms with Gasteiger partial charge in [-0.15, -0.1) is 0 Å². The van der Waals surface area contributed by atoms with Gasteiger partial charge in [0.05, 0.1) is 5.69 Å². The molecule has 0 amide bonds. The van der Waals surface area contributed by atoms with Crippen molar-refractivity contribution in [3.05, 3.63) is 101 Å². The van der Waals surface area contributed by atoms with Gasteiger partial charge in [0.2, 0.25) is 5.88 Å². The second-order valence-corrected chi connectivity index (χ2v) is 5.84. The van der Waals surface area contributed by atoms with Gasteiger partial charge in [0.25, 0.3) is 5.56 Å². The standard InChI is InChI=1S/C22H16N2O2/c25-21-19(16-10-4-1-5-11-16)22(26)24(18-14-8-3-9-15-18)20(23-21)17-12-6-2-7-13-17/h1-15,25H. The number of aromatic nitrogens is 2. The molecule has 0 saturated carbocycles. The Kier molecular flexibility index (Phi) is 4.07. The highest BCUT2D eigenvalue weighted by atomic mass is 16.3. The SMILES string of the molecule is O=c1c(-c2ccccc2)c(O)nc(-c2ccccc2)n1-c1ccccc1. The summed E-state index contributed by atoms with van der Waals surface area (Å²) in [5.41, 5.74) is 1.96. The van der Waals surface area contributed by atoms with E-state index in [-0.39, 0.29) is 17.0 Å². The van der Waals surface area contributed by atoms with Crippen molar-refractivity contribution in [2.45, 2.75) is 0 Å². The molecule has 0 atom stereocenters. The van der Waals surface area contributed by atoms with Gasteiger partial charge >= 0.3 is 0 Å². The first-order valence-corrected chi connectivity index (χ1v) is 8.28. The van der Waals surface area contributed by atoms with E-state index in [0.717, 1.165) is 5.56 Å². The lowest BCUT2D eigenvalue weighted by molar-refractivity contribution is 0.453. The third-order valence-electron chi connectivity index (χ3n) is 4.17. The van der Waals surface area contributed by atoms with Crippen molar-refractivity contribution in [3.8, 4) is 34.1 Å². The highest BCUT2D eigenvalue weighted by Crippen LogP contribution is 2.28. The normalized spacial score (nSPS) is 10.6. The molecule has 0 spiro atoms. The van der Waals surface area contributed by atoms with Gasteiger partial charge in [0.1, 0.15) is 5.56 Å². The van der Waals surface area contributed by atoms with Gasteiger partial charge in [-0.3, -0.25) is 9.36 Å². The van der Waals surface area contributed by atoms with Crippen molar-refractivity contribution in [2.75, 3.05) is 0 Å². The number of para-hydroxylation sites is 1. The largest absolute Gasteiger partial charge is 0.493 e. The topological polar surface area (TPSA) is 55.1 Å². The van der Waals surface area contributed by atoms with Crippen LogP contribution in [-0.4, -0.2) is 14.7 Å². The highest BCUT2D eigenvalue weighted by Gasteiger charge is 2.19. The average Bonchev–Trinajstić information content (AvgIpc) is 2.70. The summed E-state index contributed by atoms with van der Waals surface area (Å²) in [6.45, 7) is 0. The number of aromatic hydroxyl groups is 1. The minimum atomic E-state index is -0.311. The van der Waals surface area contributed by atoms with E-state index in [0.29, 0.717) is 17.1 Å². The minimum Gasteiger partial charge on any atom is -0.493 e. The van der Waals surface area contributed by atoms with Gasteiger partial charge in [-0.25, -0.2) is 0 Å². The van der Waals surface area contributed by atoms with Crippen LogP contribution in [0.4, 0.5) is 0 Å². The van der Waals surface area contributed by atoms with E-state index in [4.69, 9.17) is 0 Å². The van der Waals surface area contributed by atoms with E-state index in [1.807, 2.05) is 78.9 Å². The molecule has 1 heterocycles. The fourth-order valence-electron chi connectivity index (χ4n) is 2.96. The fraction of sp³-hybridized carbons (Fsp3) is 0. The van der Waals surface area contributed by atoms with Crippen molar-refractivity contribution in [3.63, 3.8) is 0 Å². The van der Waals surface area contributed by atoms with Crippen LogP contribution < -0.4 is 5.56 Å². The number of rotatable bonds is 3. The molecular weight excluding hydrogens is 324 g/mol. The Morgan fingerprint density at radius 3 is 1.77 bits per heavy atom. The third-order valence-corrected chi connectivity index (χ3v) is 4.17. The van der Waals surface area contributed by atoms with Gasteiger partial charge in [0.15, 0.2) is 5.82 Å². The molecule has 4 aromatic rings. The molecule has 0 unspecified atom stereocenters. The summed E-state index contributed by atoms with van der Waals surface area (Å²) in [6, 6.07) is 27.8. The molecule has 1 aromatic heterocycles. The van der Waals surface area contributed by atoms with Crippen LogP contribution in [0, 0.1) is 0 Å². The summed E-state index contributed by atoms with van der Waals surface area (Å²) in [5.74, 6) is 0.131. The van der Waals surface area contributed by atoms with Crippen LogP contribution in [0.1, 0.15) is 0 Å². The monoisotopic (exact) mass is 340 g/mol. The molecule has 0 aliphatic heterocycles. The lowest BCUT2D eigenvalue weighted by atomic mass is 10.1. The van der Waals surface area contributed by atoms with Crippen LogP contribution in [0.15, 0.2) is 95.8 Å². The van der Waals surface area contributed by atoms with Crippen molar-refractivity contribution in [1.82, 2.24) is 9.55 Å². The Balaban J connectivity index is 2.07. The smallest absolute Gasteiger partial charge is 0.270 e. The Morgan fingerprint density at radius 1 is 0.692 bits per heavy atom. The van der Waals surface area contributed by atoms with Crippen molar-refractivity contribution >= 4 is 0 Å². The molecule has 26 heavy (non-hydrogen) atoms. The Hall–Kier alpha value is -3.66. The molecule has 3 aromatic carbocycles. The van der Waals surface area contributed by atoms with Crippen molar-refractivity contribution in [2.24, 2.45) is 0 Å². The van der Waals surface area contributed by atoms with E-state index >= 15 is 0 Å². The maximum absolute atomic E-state index is 13.3. The highest BCUT2D eigenvalue weighted by molar-refractivity contribution is 5.71. The van der Waals surface area contributed by atoms with Crippen LogP contribution in [-0.2, 0) is 0 Å². The lowest BCUT2D eigenvalue weighted by Crippen LogP contribution is -2.23. The summed E-state index contributed by atoms with van der Waals surface area (Å²) in [5, 5.41) is 10.5. The number of hydrogen-bond acceptors (Lipinski definition) is 3. The molecule has 126 valence electrons. The first-order chi connectivity index (χ1) is 12.8. The molecule has 0 bridgehead atoms. The average molecular weight is 340 g/mol. The zero-order valence-corrected chi connectivity index (χ0v) is 13.9. The molecule has 1 N–H and O–H groups in total. The van der Waals surface area contributed by atoms with Crippen LogP contribution >= 0.6 is 0 Å². The van der Waals surface area contributed by atoms with E-state index in [1.165, 1.54) is 4.57 Å². The van der Waals surface area contributed by atoms with E-state index in [2.05, 4.69) is 4.98 Å². The summed E-state index contributed by atoms with van der Waals surface area (Å²) in [6.07, 6.45) is 0. The first-order valence-electron chi connectivity index (χ1n) is 8.28. The predicted molar refractivity (Wildman–Crippen MR) is 102 cm³/mol. The summed E-state index contributed by atoms with van der Waals surface area (Å²) >= 11 is 0. The molecule has 0 radical (unpaired) electrons. The Morgan fingerprint density at radius 2 is 1.19 bits per heavy atom. The summed E-state index contributed by atoms with van der Waals surface area (Å²) in [4.78, 5) is 17.7. The minimum absolute atomic E-state index is 0.189. The van der Waals surface area contributed by atoms with E-state index in [1.54, 1.807) is 12.1 Å². The van der Waals surface area contributed by atoms with Crippen LogP contribution in [0.2, 0.25) is 0 Å². The Labute approximate surface area is 150 Å². The van der Waals surface area contributed by atoms with Gasteiger partial charge in [-0.05, 0) is 17.7 Å². The van der Waals surface area contributed by atoms with Gasteiger partial charge in [0, 0.05) is 5.56 Å². The zero-order valence-electron chi connectivity index (χ0n) is 13.9. The maximum atomic E-state index is 13.3. The van der Waals surface area contributed by atoms with Gasteiger partial charge in [-0.2, -0.15) is 4.98 Å². The van der Waals surface area contributed by atoms with Crippen LogP contribution in [0.3, 0.4) is 0 Å². The Bertz CT molecular complexity index is 1090. The van der Waals surface area contributed by atoms with Crippen LogP contribution in [0.5, 0.6) is 5.88 Å². The molecule has 4 heteroatoms. The second kappa shape index (κ2) is 6.69. The molecule has 4 rings (SSSR count). The van der Waals surface area contributed by atoms with Crippen LogP contribution in [0.25, 0.3) is 28.2 Å². The van der Waals surface area contributed by atoms with Crippen molar-refractivity contribution < 1.29 is 5.11 Å². The van der Waals surface area contributed by atoms with Gasteiger partial charge < -0.3 is 5.11 Å². The first kappa shape index (κ1) is 15.8. The van der Waals surface area contributed by atoms with E-state index < -0.39 is 0 Å².